The number of halogens is 2. The van der Waals surface area contributed by atoms with E-state index in [-0.39, 0.29) is 0 Å². The van der Waals surface area contributed by atoms with Crippen molar-refractivity contribution in [2.45, 2.75) is 13.3 Å². The standard InChI is InChI=1S/C16H14.2ClH.Ti/c1-12-6-8-13(9-7-12)16-10-14-4-2-3-5-15(14)11-16;;;/h2-10H,11H2,1H3;2*1H;/q;;;+2/p-2. The molecule has 0 fully saturated rings. The topological polar surface area (TPSA) is 0 Å². The van der Waals surface area contributed by atoms with Crippen LogP contribution in [0, 0.1) is 6.92 Å². The molecule has 0 spiro atoms. The fraction of sp³-hybridized carbons (Fsp3) is 0.125. The van der Waals surface area contributed by atoms with E-state index < -0.39 is 17.0 Å². The molecule has 0 radical (unpaired) electrons. The molecule has 19 heavy (non-hydrogen) atoms. The van der Waals surface area contributed by atoms with Crippen LogP contribution in [0.4, 0.5) is 0 Å². The molecule has 0 N–H and O–H groups in total. The summed E-state index contributed by atoms with van der Waals surface area (Å²) in [5.74, 6) is 0. The molecule has 1 aliphatic rings. The Balaban J connectivity index is 0.000000408. The van der Waals surface area contributed by atoms with E-state index in [0.717, 1.165) is 6.42 Å². The summed E-state index contributed by atoms with van der Waals surface area (Å²) < 4.78 is 0. The first kappa shape index (κ1) is 14.9. The average molecular weight is 325 g/mol. The Morgan fingerprint density at radius 3 is 2.21 bits per heavy atom. The molecule has 3 rings (SSSR count). The molecule has 3 heteroatoms. The molecule has 0 amide bonds. The molecule has 2 aromatic rings. The second kappa shape index (κ2) is 7.31. The molecule has 2 aromatic carbocycles. The molecule has 1 aliphatic carbocycles. The Kier molecular flexibility index (Phi) is 5.72. The van der Waals surface area contributed by atoms with Crippen LogP contribution in [0.5, 0.6) is 0 Å². The maximum absolute atomic E-state index is 4.89. The number of allylic oxidation sites excluding steroid dienone is 1. The first-order valence-electron chi connectivity index (χ1n) is 6.06. The minimum absolute atomic E-state index is 0.556. The Bertz CT molecular complexity index is 574. The van der Waals surface area contributed by atoms with E-state index in [1.165, 1.54) is 27.8 Å². The van der Waals surface area contributed by atoms with Crippen molar-refractivity contribution in [1.29, 1.82) is 0 Å². The number of aryl methyl sites for hydroxylation is 1. The van der Waals surface area contributed by atoms with E-state index >= 15 is 0 Å². The van der Waals surface area contributed by atoms with E-state index in [1.807, 2.05) is 0 Å². The van der Waals surface area contributed by atoms with Crippen LogP contribution < -0.4 is 0 Å². The van der Waals surface area contributed by atoms with Crippen molar-refractivity contribution in [2.24, 2.45) is 0 Å². The summed E-state index contributed by atoms with van der Waals surface area (Å²) in [6.07, 6.45) is 3.37. The van der Waals surface area contributed by atoms with Gasteiger partial charge in [0, 0.05) is 0 Å². The summed E-state index contributed by atoms with van der Waals surface area (Å²) in [4.78, 5) is 0. The van der Waals surface area contributed by atoms with Crippen molar-refractivity contribution in [2.75, 3.05) is 0 Å². The van der Waals surface area contributed by atoms with Crippen molar-refractivity contribution in [3.05, 3.63) is 70.8 Å². The second-order valence-corrected chi connectivity index (χ2v) is 7.06. The van der Waals surface area contributed by atoms with Gasteiger partial charge in [0.1, 0.15) is 0 Å². The fourth-order valence-electron chi connectivity index (χ4n) is 2.23. The monoisotopic (exact) mass is 324 g/mol. The van der Waals surface area contributed by atoms with Crippen LogP contribution in [-0.4, -0.2) is 0 Å². The summed E-state index contributed by atoms with van der Waals surface area (Å²) in [6.45, 7) is 2.13. The van der Waals surface area contributed by atoms with Crippen molar-refractivity contribution >= 4 is 30.3 Å². The van der Waals surface area contributed by atoms with Crippen molar-refractivity contribution < 1.29 is 17.0 Å². The van der Waals surface area contributed by atoms with Crippen LogP contribution in [0.1, 0.15) is 22.3 Å². The molecule has 0 saturated heterocycles. The number of hydrogen-bond donors (Lipinski definition) is 0. The summed E-state index contributed by atoms with van der Waals surface area (Å²) in [5, 5.41) is 0. The van der Waals surface area contributed by atoms with Crippen LogP contribution >= 0.6 is 18.6 Å². The van der Waals surface area contributed by atoms with Crippen LogP contribution in [0.15, 0.2) is 48.5 Å². The van der Waals surface area contributed by atoms with Gasteiger partial charge >= 0.3 is 35.6 Å². The Morgan fingerprint density at radius 1 is 0.947 bits per heavy atom. The third-order valence-electron chi connectivity index (χ3n) is 3.19. The van der Waals surface area contributed by atoms with E-state index in [2.05, 4.69) is 61.5 Å². The summed E-state index contributed by atoms with van der Waals surface area (Å²) in [5.41, 5.74) is 6.92. The Labute approximate surface area is 131 Å². The molecule has 0 aromatic heterocycles. The van der Waals surface area contributed by atoms with Crippen LogP contribution in [0.3, 0.4) is 0 Å². The molecule has 0 atom stereocenters. The molecule has 0 heterocycles. The van der Waals surface area contributed by atoms with Gasteiger partial charge in [-0.1, -0.05) is 60.2 Å². The maximum atomic E-state index is 4.89. The molecule has 96 valence electrons. The van der Waals surface area contributed by atoms with Gasteiger partial charge in [0.25, 0.3) is 0 Å². The van der Waals surface area contributed by atoms with Crippen molar-refractivity contribution in [1.82, 2.24) is 0 Å². The van der Waals surface area contributed by atoms with Crippen LogP contribution in [0.25, 0.3) is 11.6 Å². The molecular formula is C16H14Cl2Ti. The second-order valence-electron chi connectivity index (χ2n) is 4.48. The number of hydrogen-bond acceptors (Lipinski definition) is 0. The van der Waals surface area contributed by atoms with Crippen molar-refractivity contribution in [3.8, 4) is 0 Å². The van der Waals surface area contributed by atoms with Gasteiger partial charge in [0.15, 0.2) is 0 Å². The van der Waals surface area contributed by atoms with Crippen LogP contribution in [0.2, 0.25) is 0 Å². The molecule has 0 nitrogen and oxygen atoms in total. The summed E-state index contributed by atoms with van der Waals surface area (Å²) >= 11 is -0.556. The average Bonchev–Trinajstić information content (AvgIpc) is 2.84. The van der Waals surface area contributed by atoms with Gasteiger partial charge in [0.05, 0.1) is 0 Å². The van der Waals surface area contributed by atoms with Crippen molar-refractivity contribution in [3.63, 3.8) is 0 Å². The Hall–Kier alpha value is -0.526. The van der Waals surface area contributed by atoms with E-state index in [1.54, 1.807) is 0 Å². The zero-order chi connectivity index (χ0) is 13.7. The predicted molar refractivity (Wildman–Crippen MR) is 80.9 cm³/mol. The van der Waals surface area contributed by atoms with Gasteiger partial charge in [-0.25, -0.2) is 0 Å². The van der Waals surface area contributed by atoms with Gasteiger partial charge in [-0.15, -0.1) is 0 Å². The van der Waals surface area contributed by atoms with Gasteiger partial charge in [-0.3, -0.25) is 0 Å². The van der Waals surface area contributed by atoms with Gasteiger partial charge in [-0.05, 0) is 35.6 Å². The van der Waals surface area contributed by atoms with Crippen LogP contribution in [-0.2, 0) is 23.5 Å². The first-order chi connectivity index (χ1) is 9.24. The summed E-state index contributed by atoms with van der Waals surface area (Å²) in [7, 11) is 9.78. The third kappa shape index (κ3) is 3.97. The zero-order valence-electron chi connectivity index (χ0n) is 10.7. The van der Waals surface area contributed by atoms with Gasteiger partial charge in [0.2, 0.25) is 0 Å². The van der Waals surface area contributed by atoms with Gasteiger partial charge < -0.3 is 0 Å². The van der Waals surface area contributed by atoms with Gasteiger partial charge in [-0.2, -0.15) is 0 Å². The first-order valence-corrected chi connectivity index (χ1v) is 10.4. The van der Waals surface area contributed by atoms with E-state index in [4.69, 9.17) is 18.6 Å². The summed E-state index contributed by atoms with van der Waals surface area (Å²) in [6, 6.07) is 17.4. The molecule has 0 saturated carbocycles. The fourth-order valence-corrected chi connectivity index (χ4v) is 2.23. The quantitative estimate of drug-likeness (QED) is 0.610. The van der Waals surface area contributed by atoms with E-state index in [9.17, 15) is 0 Å². The Morgan fingerprint density at radius 2 is 1.58 bits per heavy atom. The number of rotatable bonds is 1. The number of benzene rings is 2. The predicted octanol–water partition coefficient (Wildman–Crippen LogP) is 5.47. The molecular weight excluding hydrogens is 311 g/mol. The normalized spacial score (nSPS) is 12.1. The number of fused-ring (bicyclic) bond motifs is 1. The minimum atomic E-state index is -0.556. The molecule has 0 bridgehead atoms. The third-order valence-corrected chi connectivity index (χ3v) is 3.19. The SMILES string of the molecule is Cc1ccc(C2=Cc3ccccc3C2)cc1.[Cl][Ti][Cl]. The zero-order valence-corrected chi connectivity index (χ0v) is 13.7. The van der Waals surface area contributed by atoms with E-state index in [0.29, 0.717) is 0 Å². The molecule has 0 aliphatic heterocycles. The molecule has 0 unspecified atom stereocenters.